The second-order valence-electron chi connectivity index (χ2n) is 6.17. The highest BCUT2D eigenvalue weighted by Crippen LogP contribution is 2.19. The lowest BCUT2D eigenvalue weighted by atomic mass is 10.0. The van der Waals surface area contributed by atoms with Crippen LogP contribution in [0.3, 0.4) is 0 Å². The van der Waals surface area contributed by atoms with Crippen LogP contribution < -0.4 is 0 Å². The highest BCUT2D eigenvalue weighted by Gasteiger charge is 2.38. The summed E-state index contributed by atoms with van der Waals surface area (Å²) in [6.45, 7) is 5.67. The molecule has 0 unspecified atom stereocenters. The van der Waals surface area contributed by atoms with Crippen LogP contribution in [0.1, 0.15) is 64.7 Å². The number of ether oxygens (including phenoxy) is 1. The Morgan fingerprint density at radius 2 is 1.38 bits per heavy atom. The van der Waals surface area contributed by atoms with Gasteiger partial charge in [0.15, 0.2) is 5.78 Å². The highest BCUT2D eigenvalue weighted by molar-refractivity contribution is 6.60. The van der Waals surface area contributed by atoms with Gasteiger partial charge in [0.25, 0.3) is 0 Å². The van der Waals surface area contributed by atoms with Gasteiger partial charge >= 0.3 is 8.80 Å². The van der Waals surface area contributed by atoms with Gasteiger partial charge in [-0.1, -0.05) is 45.1 Å². The largest absolute Gasteiger partial charge is 0.502 e. The minimum atomic E-state index is -2.53. The Kier molecular flexibility index (Phi) is 14.5. The Balaban J connectivity index is 3.58. The summed E-state index contributed by atoms with van der Waals surface area (Å²) in [6.07, 6.45) is 9.86. The zero-order valence-corrected chi connectivity index (χ0v) is 17.0. The van der Waals surface area contributed by atoms with Gasteiger partial charge in [-0.05, 0) is 25.3 Å². The average molecular weight is 361 g/mol. The van der Waals surface area contributed by atoms with Crippen molar-refractivity contribution in [1.82, 2.24) is 0 Å². The lowest BCUT2D eigenvalue weighted by molar-refractivity contribution is -0.115. The number of ketones is 1. The fourth-order valence-corrected chi connectivity index (χ4v) is 4.46. The molecule has 0 bridgehead atoms. The molecule has 0 amide bonds. The predicted molar refractivity (Wildman–Crippen MR) is 98.9 cm³/mol. The third-order valence-corrected chi connectivity index (χ3v) is 6.90. The van der Waals surface area contributed by atoms with E-state index in [9.17, 15) is 4.79 Å². The lowest BCUT2D eigenvalue weighted by Gasteiger charge is -2.25. The van der Waals surface area contributed by atoms with Crippen LogP contribution in [0.2, 0.25) is 6.04 Å². The molecule has 0 aromatic carbocycles. The number of allylic oxidation sites excluding steroid dienone is 1. The molecule has 0 heterocycles. The van der Waals surface area contributed by atoms with Gasteiger partial charge in [-0.3, -0.25) is 4.79 Å². The number of carbonyl (C=O) groups excluding carboxylic acids is 1. The van der Waals surface area contributed by atoms with Crippen LogP contribution in [0.25, 0.3) is 0 Å². The Hall–Kier alpha value is -0.533. The molecule has 0 fully saturated rings. The number of unbranched alkanes of at least 4 members (excludes halogenated alkanes) is 7. The number of hydrogen-bond acceptors (Lipinski definition) is 5. The maximum Gasteiger partial charge on any atom is 0.502 e. The summed E-state index contributed by atoms with van der Waals surface area (Å²) in [7, 11) is 2.35. The Bertz CT molecular complexity index is 342. The van der Waals surface area contributed by atoms with E-state index in [-0.39, 0.29) is 12.6 Å². The van der Waals surface area contributed by atoms with Crippen molar-refractivity contribution in [3.8, 4) is 0 Å². The van der Waals surface area contributed by atoms with Crippen molar-refractivity contribution in [2.24, 2.45) is 0 Å². The van der Waals surface area contributed by atoms with Gasteiger partial charge in [-0.25, -0.2) is 0 Å². The number of methoxy groups -OCH3 is 1. The van der Waals surface area contributed by atoms with Crippen molar-refractivity contribution >= 4 is 14.6 Å². The first kappa shape index (κ1) is 23.5. The van der Waals surface area contributed by atoms with Gasteiger partial charge in [0, 0.05) is 33.8 Å². The van der Waals surface area contributed by atoms with E-state index in [4.69, 9.17) is 18.0 Å². The third kappa shape index (κ3) is 11.1. The SMILES string of the molecule is C=C(C)C(=O)CCCCCCCCCC[Si](OC)(OC)OCOC. The van der Waals surface area contributed by atoms with Gasteiger partial charge in [0.1, 0.15) is 6.79 Å². The fourth-order valence-electron chi connectivity index (χ4n) is 2.53. The first-order valence-corrected chi connectivity index (χ1v) is 10.9. The van der Waals surface area contributed by atoms with Crippen molar-refractivity contribution in [3.63, 3.8) is 0 Å². The molecule has 0 N–H and O–H groups in total. The second-order valence-corrected chi connectivity index (χ2v) is 9.15. The van der Waals surface area contributed by atoms with Crippen LogP contribution in [0.15, 0.2) is 12.2 Å². The van der Waals surface area contributed by atoms with E-state index in [1.54, 1.807) is 28.3 Å². The topological polar surface area (TPSA) is 54.0 Å². The predicted octanol–water partition coefficient (Wildman–Crippen LogP) is 4.49. The fraction of sp³-hybridized carbons (Fsp3) is 0.833. The summed E-state index contributed by atoms with van der Waals surface area (Å²) >= 11 is 0. The quantitative estimate of drug-likeness (QED) is 0.165. The Morgan fingerprint density at radius 1 is 0.875 bits per heavy atom. The summed E-state index contributed by atoms with van der Waals surface area (Å²) in [4.78, 5) is 11.4. The average Bonchev–Trinajstić information content (AvgIpc) is 2.59. The molecule has 0 saturated carbocycles. The minimum absolute atomic E-state index is 0.203. The van der Waals surface area contributed by atoms with E-state index < -0.39 is 8.80 Å². The van der Waals surface area contributed by atoms with Crippen LogP contribution in [-0.4, -0.2) is 42.7 Å². The summed E-state index contributed by atoms with van der Waals surface area (Å²) in [6, 6.07) is 0.826. The molecule has 142 valence electrons. The van der Waals surface area contributed by atoms with E-state index in [0.717, 1.165) is 31.7 Å². The zero-order chi connectivity index (χ0) is 18.3. The molecule has 0 saturated heterocycles. The molecular formula is C18H36O5Si. The van der Waals surface area contributed by atoms with E-state index in [1.807, 2.05) is 0 Å². The van der Waals surface area contributed by atoms with E-state index in [2.05, 4.69) is 6.58 Å². The first-order valence-electron chi connectivity index (χ1n) is 8.93. The summed E-state index contributed by atoms with van der Waals surface area (Å²) in [5.41, 5.74) is 0.677. The van der Waals surface area contributed by atoms with Gasteiger partial charge < -0.3 is 18.0 Å². The number of Topliss-reactive ketones (excluding diaryl/α,β-unsaturated/α-hetero) is 1. The highest BCUT2D eigenvalue weighted by atomic mass is 28.4. The van der Waals surface area contributed by atoms with Crippen molar-refractivity contribution in [2.75, 3.05) is 28.1 Å². The molecule has 5 nitrogen and oxygen atoms in total. The molecule has 0 aromatic rings. The maximum atomic E-state index is 11.4. The standard InChI is InChI=1S/C18H36O5Si/c1-17(2)18(19)14-12-10-8-6-7-9-11-13-15-24(21-4,22-5)23-16-20-3/h1,6-16H2,2-5H3. The van der Waals surface area contributed by atoms with Crippen molar-refractivity contribution in [1.29, 1.82) is 0 Å². The van der Waals surface area contributed by atoms with Crippen LogP contribution in [0.5, 0.6) is 0 Å². The van der Waals surface area contributed by atoms with Crippen molar-refractivity contribution < 1.29 is 22.8 Å². The van der Waals surface area contributed by atoms with E-state index in [1.165, 1.54) is 25.7 Å². The smallest absolute Gasteiger partial charge is 0.377 e. The first-order chi connectivity index (χ1) is 11.5. The summed E-state index contributed by atoms with van der Waals surface area (Å²) in [5, 5.41) is 0. The van der Waals surface area contributed by atoms with Gasteiger partial charge in [0.05, 0.1) is 0 Å². The lowest BCUT2D eigenvalue weighted by Crippen LogP contribution is -2.44. The van der Waals surface area contributed by atoms with Gasteiger partial charge in [0.2, 0.25) is 0 Å². The van der Waals surface area contributed by atoms with Crippen LogP contribution in [0.4, 0.5) is 0 Å². The van der Waals surface area contributed by atoms with Gasteiger partial charge in [-0.15, -0.1) is 0 Å². The normalized spacial score (nSPS) is 11.7. The van der Waals surface area contributed by atoms with Crippen LogP contribution in [-0.2, 0) is 22.8 Å². The third-order valence-electron chi connectivity index (χ3n) is 4.13. The van der Waals surface area contributed by atoms with E-state index in [0.29, 0.717) is 12.0 Å². The monoisotopic (exact) mass is 360 g/mol. The Morgan fingerprint density at radius 3 is 1.83 bits per heavy atom. The number of carbonyl (C=O) groups is 1. The number of hydrogen-bond donors (Lipinski definition) is 0. The summed E-state index contributed by atoms with van der Waals surface area (Å²) < 4.78 is 21.5. The van der Waals surface area contributed by atoms with Crippen molar-refractivity contribution in [3.05, 3.63) is 12.2 Å². The molecule has 6 heteroatoms. The molecular weight excluding hydrogens is 324 g/mol. The summed E-state index contributed by atoms with van der Waals surface area (Å²) in [5.74, 6) is 0.203. The molecule has 24 heavy (non-hydrogen) atoms. The molecule has 0 atom stereocenters. The molecule has 0 aliphatic rings. The molecule has 0 aromatic heterocycles. The van der Waals surface area contributed by atoms with Gasteiger partial charge in [-0.2, -0.15) is 0 Å². The zero-order valence-electron chi connectivity index (χ0n) is 16.0. The second kappa shape index (κ2) is 14.8. The molecule has 0 aliphatic carbocycles. The van der Waals surface area contributed by atoms with Crippen molar-refractivity contribution in [2.45, 2.75) is 70.8 Å². The minimum Gasteiger partial charge on any atom is -0.377 e. The molecule has 0 aliphatic heterocycles. The molecule has 0 spiro atoms. The molecule has 0 radical (unpaired) electrons. The van der Waals surface area contributed by atoms with Crippen LogP contribution in [0, 0.1) is 0 Å². The van der Waals surface area contributed by atoms with E-state index >= 15 is 0 Å². The number of rotatable bonds is 17. The Labute approximate surface area is 149 Å². The molecule has 0 rings (SSSR count). The maximum absolute atomic E-state index is 11.4. The van der Waals surface area contributed by atoms with Crippen LogP contribution >= 0.6 is 0 Å².